The topological polar surface area (TPSA) is 75.4 Å². The fraction of sp³-hybridized carbons (Fsp3) is 0.190. The average Bonchev–Trinajstić information content (AvgIpc) is 3.41. The van der Waals surface area contributed by atoms with Gasteiger partial charge in [0, 0.05) is 18.5 Å². The third-order valence-corrected chi connectivity index (χ3v) is 5.36. The third kappa shape index (κ3) is 4.20. The fourth-order valence-electron chi connectivity index (χ4n) is 3.09. The average molecular weight is 393 g/mol. The van der Waals surface area contributed by atoms with E-state index in [0.29, 0.717) is 23.9 Å². The molecule has 7 heteroatoms. The highest BCUT2D eigenvalue weighted by atomic mass is 32.1. The quantitative estimate of drug-likeness (QED) is 0.714. The van der Waals surface area contributed by atoms with Gasteiger partial charge in [0.1, 0.15) is 0 Å². The summed E-state index contributed by atoms with van der Waals surface area (Å²) in [6, 6.07) is 13.5. The first-order chi connectivity index (χ1) is 13.7. The van der Waals surface area contributed by atoms with Crippen LogP contribution < -0.4 is 5.32 Å². The van der Waals surface area contributed by atoms with Crippen molar-refractivity contribution < 1.29 is 14.0 Å². The van der Waals surface area contributed by atoms with Crippen molar-refractivity contribution in [2.24, 2.45) is 0 Å². The van der Waals surface area contributed by atoms with Crippen molar-refractivity contribution in [2.75, 3.05) is 18.4 Å². The number of benzene rings is 1. The first kappa shape index (κ1) is 18.2. The van der Waals surface area contributed by atoms with E-state index in [2.05, 4.69) is 28.5 Å². The summed E-state index contributed by atoms with van der Waals surface area (Å²) in [5.41, 5.74) is 3.15. The van der Waals surface area contributed by atoms with E-state index in [-0.39, 0.29) is 24.0 Å². The van der Waals surface area contributed by atoms with Gasteiger partial charge in [0.2, 0.25) is 5.91 Å². The zero-order valence-corrected chi connectivity index (χ0v) is 15.9. The van der Waals surface area contributed by atoms with Crippen LogP contribution in [0.25, 0.3) is 5.57 Å². The summed E-state index contributed by atoms with van der Waals surface area (Å²) in [5, 5.41) is 4.93. The molecule has 0 aliphatic carbocycles. The number of amides is 2. The van der Waals surface area contributed by atoms with E-state index in [1.165, 1.54) is 28.7 Å². The van der Waals surface area contributed by atoms with Crippen molar-refractivity contribution >= 4 is 33.9 Å². The molecule has 0 spiro atoms. The van der Waals surface area contributed by atoms with Crippen molar-refractivity contribution in [3.05, 3.63) is 77.2 Å². The van der Waals surface area contributed by atoms with Crippen LogP contribution in [0.2, 0.25) is 0 Å². The van der Waals surface area contributed by atoms with Crippen molar-refractivity contribution in [1.29, 1.82) is 0 Å². The van der Waals surface area contributed by atoms with Gasteiger partial charge >= 0.3 is 0 Å². The molecule has 0 saturated heterocycles. The number of hydrogen-bond donors (Lipinski definition) is 1. The molecular formula is C21H19N3O3S. The van der Waals surface area contributed by atoms with Gasteiger partial charge in [-0.15, -0.1) is 11.3 Å². The highest BCUT2D eigenvalue weighted by Gasteiger charge is 2.19. The second kappa shape index (κ2) is 8.22. The van der Waals surface area contributed by atoms with E-state index in [4.69, 9.17) is 4.42 Å². The van der Waals surface area contributed by atoms with Gasteiger partial charge in [0.25, 0.3) is 5.91 Å². The largest absolute Gasteiger partial charge is 0.459 e. The van der Waals surface area contributed by atoms with Crippen LogP contribution in [0.5, 0.6) is 0 Å². The Labute approximate surface area is 166 Å². The Morgan fingerprint density at radius 3 is 2.75 bits per heavy atom. The van der Waals surface area contributed by atoms with Gasteiger partial charge < -0.3 is 9.32 Å². The fourth-order valence-corrected chi connectivity index (χ4v) is 3.79. The van der Waals surface area contributed by atoms with Crippen LogP contribution in [-0.2, 0) is 11.2 Å². The lowest BCUT2D eigenvalue weighted by atomic mass is 9.99. The Balaban J connectivity index is 1.33. The summed E-state index contributed by atoms with van der Waals surface area (Å²) >= 11 is 1.29. The number of hydrogen-bond acceptors (Lipinski definition) is 5. The molecule has 1 aliphatic heterocycles. The van der Waals surface area contributed by atoms with E-state index in [1.54, 1.807) is 17.5 Å². The Morgan fingerprint density at radius 1 is 1.18 bits per heavy atom. The van der Waals surface area contributed by atoms with Crippen molar-refractivity contribution in [2.45, 2.75) is 12.8 Å². The maximum Gasteiger partial charge on any atom is 0.293 e. The van der Waals surface area contributed by atoms with Crippen LogP contribution >= 0.6 is 11.3 Å². The predicted octanol–water partition coefficient (Wildman–Crippen LogP) is 3.85. The van der Waals surface area contributed by atoms with E-state index in [1.807, 2.05) is 23.1 Å². The zero-order chi connectivity index (χ0) is 19.3. The summed E-state index contributed by atoms with van der Waals surface area (Å²) in [5.74, 6) is -0.0911. The Morgan fingerprint density at radius 2 is 2.04 bits per heavy atom. The molecule has 2 amide bonds. The van der Waals surface area contributed by atoms with Crippen LogP contribution in [0.4, 0.5) is 5.13 Å². The number of nitrogens with one attached hydrogen (secondary N) is 1. The highest BCUT2D eigenvalue weighted by Crippen LogP contribution is 2.23. The van der Waals surface area contributed by atoms with E-state index >= 15 is 0 Å². The number of furan rings is 1. The maximum atomic E-state index is 12.6. The number of aromatic nitrogens is 1. The predicted molar refractivity (Wildman–Crippen MR) is 108 cm³/mol. The van der Waals surface area contributed by atoms with Gasteiger partial charge in [-0.05, 0) is 29.7 Å². The second-order valence-electron chi connectivity index (χ2n) is 6.44. The summed E-state index contributed by atoms with van der Waals surface area (Å²) in [6.07, 6.45) is 4.63. The van der Waals surface area contributed by atoms with Gasteiger partial charge in [-0.3, -0.25) is 14.9 Å². The summed E-state index contributed by atoms with van der Waals surface area (Å²) in [4.78, 5) is 30.7. The Bertz CT molecular complexity index is 993. The molecule has 6 nitrogen and oxygen atoms in total. The van der Waals surface area contributed by atoms with E-state index in [9.17, 15) is 9.59 Å². The Hall–Kier alpha value is -3.19. The lowest BCUT2D eigenvalue weighted by molar-refractivity contribution is -0.130. The molecule has 0 saturated carbocycles. The van der Waals surface area contributed by atoms with Crippen LogP contribution in [0.1, 0.15) is 28.2 Å². The lowest BCUT2D eigenvalue weighted by Gasteiger charge is -2.26. The molecule has 3 aromatic rings. The Kier molecular flexibility index (Phi) is 5.34. The maximum absolute atomic E-state index is 12.6. The summed E-state index contributed by atoms with van der Waals surface area (Å²) < 4.78 is 5.06. The molecule has 4 rings (SSSR count). The lowest BCUT2D eigenvalue weighted by Crippen LogP contribution is -2.35. The molecule has 1 aliphatic rings. The molecule has 28 heavy (non-hydrogen) atoms. The molecule has 1 N–H and O–H groups in total. The smallest absolute Gasteiger partial charge is 0.293 e. The molecule has 0 radical (unpaired) electrons. The normalized spacial score (nSPS) is 13.9. The molecular weight excluding hydrogens is 374 g/mol. The van der Waals surface area contributed by atoms with Gasteiger partial charge in [-0.2, -0.15) is 0 Å². The van der Waals surface area contributed by atoms with E-state index in [0.717, 1.165) is 6.42 Å². The van der Waals surface area contributed by atoms with Gasteiger partial charge in [-0.1, -0.05) is 36.4 Å². The molecule has 0 fully saturated rings. The standard InChI is InChI=1S/C21H19N3O3S/c25-19(24-10-8-16(9-11-24)15-5-2-1-3-6-15)13-17-14-28-21(22-17)23-20(26)18-7-4-12-27-18/h1-8,12,14H,9-11,13H2,(H,22,23,26). The molecule has 3 heterocycles. The number of anilines is 1. The minimum absolute atomic E-state index is 0.0394. The van der Waals surface area contributed by atoms with Crippen molar-refractivity contribution in [1.82, 2.24) is 9.88 Å². The molecule has 1 aromatic carbocycles. The first-order valence-corrected chi connectivity index (χ1v) is 9.88. The summed E-state index contributed by atoms with van der Waals surface area (Å²) in [7, 11) is 0. The second-order valence-corrected chi connectivity index (χ2v) is 7.30. The zero-order valence-electron chi connectivity index (χ0n) is 15.1. The molecule has 0 unspecified atom stereocenters. The molecule has 2 aromatic heterocycles. The van der Waals surface area contributed by atoms with Crippen LogP contribution in [0.3, 0.4) is 0 Å². The number of thiazole rings is 1. The van der Waals surface area contributed by atoms with Gasteiger partial charge in [0.15, 0.2) is 10.9 Å². The van der Waals surface area contributed by atoms with E-state index < -0.39 is 0 Å². The number of nitrogens with zero attached hydrogens (tertiary/aromatic N) is 2. The first-order valence-electron chi connectivity index (χ1n) is 9.00. The number of carbonyl (C=O) groups excluding carboxylic acids is 2. The van der Waals surface area contributed by atoms with Crippen molar-refractivity contribution in [3.63, 3.8) is 0 Å². The summed E-state index contributed by atoms with van der Waals surface area (Å²) in [6.45, 7) is 1.31. The van der Waals surface area contributed by atoms with Gasteiger partial charge in [0.05, 0.1) is 18.4 Å². The van der Waals surface area contributed by atoms with Crippen LogP contribution in [-0.4, -0.2) is 34.8 Å². The molecule has 0 atom stereocenters. The number of rotatable bonds is 5. The SMILES string of the molecule is O=C(Nc1nc(CC(=O)N2CC=C(c3ccccc3)CC2)cs1)c1ccco1. The third-order valence-electron chi connectivity index (χ3n) is 4.56. The van der Waals surface area contributed by atoms with Crippen LogP contribution in [0, 0.1) is 0 Å². The monoisotopic (exact) mass is 393 g/mol. The highest BCUT2D eigenvalue weighted by molar-refractivity contribution is 7.14. The molecule has 0 bridgehead atoms. The number of carbonyl (C=O) groups is 2. The minimum atomic E-state index is -0.355. The molecule has 142 valence electrons. The minimum Gasteiger partial charge on any atom is -0.459 e. The van der Waals surface area contributed by atoms with Crippen molar-refractivity contribution in [3.8, 4) is 0 Å². The van der Waals surface area contributed by atoms with Gasteiger partial charge in [-0.25, -0.2) is 4.98 Å². The van der Waals surface area contributed by atoms with Crippen LogP contribution in [0.15, 0.2) is 64.6 Å².